The second kappa shape index (κ2) is 5.28. The second-order valence-electron chi connectivity index (χ2n) is 5.21. The molecule has 1 aliphatic rings. The summed E-state index contributed by atoms with van der Waals surface area (Å²) in [5.41, 5.74) is 1.78. The maximum Gasteiger partial charge on any atom is 0.191 e. The minimum Gasteiger partial charge on any atom is -0.365 e. The van der Waals surface area contributed by atoms with Gasteiger partial charge in [-0.25, -0.2) is 0 Å². The fraction of sp³-hybridized carbons (Fsp3) is 0.167. The Kier molecular flexibility index (Phi) is 3.45. The zero-order valence-corrected chi connectivity index (χ0v) is 11.7. The molecule has 0 aromatic heterocycles. The standard InChI is InChI=1S/C18H16O3/c1-18(16(19)11-12-17(20)21-18)15-9-7-14(8-10-15)13-5-3-2-4-6-13/h2-12,17,20H,1H3/t17-,18-/m1/s1. The molecule has 3 nitrogen and oxygen atoms in total. The number of ketones is 1. The van der Waals surface area contributed by atoms with Crippen LogP contribution in [0.1, 0.15) is 12.5 Å². The van der Waals surface area contributed by atoms with E-state index in [9.17, 15) is 9.90 Å². The lowest BCUT2D eigenvalue weighted by atomic mass is 9.88. The average molecular weight is 280 g/mol. The van der Waals surface area contributed by atoms with Crippen LogP contribution in [0, 0.1) is 0 Å². The Bertz CT molecular complexity index is 673. The quantitative estimate of drug-likeness (QED) is 0.919. The third kappa shape index (κ3) is 2.53. The number of aliphatic hydroxyl groups excluding tert-OH is 1. The van der Waals surface area contributed by atoms with Gasteiger partial charge >= 0.3 is 0 Å². The molecular formula is C18H16O3. The van der Waals surface area contributed by atoms with Gasteiger partial charge in [0.25, 0.3) is 0 Å². The second-order valence-corrected chi connectivity index (χ2v) is 5.21. The third-order valence-corrected chi connectivity index (χ3v) is 3.78. The molecule has 2 atom stereocenters. The maximum absolute atomic E-state index is 12.1. The zero-order chi connectivity index (χ0) is 14.9. The monoisotopic (exact) mass is 280 g/mol. The van der Waals surface area contributed by atoms with E-state index >= 15 is 0 Å². The molecule has 0 unspecified atom stereocenters. The maximum atomic E-state index is 12.1. The first-order valence-electron chi connectivity index (χ1n) is 6.84. The summed E-state index contributed by atoms with van der Waals surface area (Å²) in [4.78, 5) is 12.1. The Morgan fingerprint density at radius 3 is 2.29 bits per heavy atom. The Morgan fingerprint density at radius 1 is 1.00 bits per heavy atom. The number of hydrogen-bond acceptors (Lipinski definition) is 3. The van der Waals surface area contributed by atoms with Gasteiger partial charge in [0.15, 0.2) is 17.7 Å². The summed E-state index contributed by atoms with van der Waals surface area (Å²) in [6.07, 6.45) is 1.67. The van der Waals surface area contributed by atoms with Crippen molar-refractivity contribution in [2.24, 2.45) is 0 Å². The first-order chi connectivity index (χ1) is 10.1. The molecule has 0 saturated carbocycles. The number of aliphatic hydroxyl groups is 1. The first-order valence-corrected chi connectivity index (χ1v) is 6.84. The van der Waals surface area contributed by atoms with Gasteiger partial charge < -0.3 is 9.84 Å². The van der Waals surface area contributed by atoms with Crippen molar-refractivity contribution < 1.29 is 14.6 Å². The molecule has 1 aliphatic heterocycles. The lowest BCUT2D eigenvalue weighted by Crippen LogP contribution is -2.40. The van der Waals surface area contributed by atoms with E-state index in [0.29, 0.717) is 0 Å². The summed E-state index contributed by atoms with van der Waals surface area (Å²) in [5, 5.41) is 9.60. The normalized spacial score (nSPS) is 25.0. The molecule has 21 heavy (non-hydrogen) atoms. The highest BCUT2D eigenvalue weighted by Crippen LogP contribution is 2.32. The van der Waals surface area contributed by atoms with Crippen LogP contribution < -0.4 is 0 Å². The van der Waals surface area contributed by atoms with Crippen molar-refractivity contribution in [1.29, 1.82) is 0 Å². The largest absolute Gasteiger partial charge is 0.365 e. The molecular weight excluding hydrogens is 264 g/mol. The van der Waals surface area contributed by atoms with Gasteiger partial charge in [0.2, 0.25) is 0 Å². The van der Waals surface area contributed by atoms with E-state index in [4.69, 9.17) is 4.74 Å². The van der Waals surface area contributed by atoms with Crippen molar-refractivity contribution in [1.82, 2.24) is 0 Å². The summed E-state index contributed by atoms with van der Waals surface area (Å²) < 4.78 is 5.44. The Morgan fingerprint density at radius 2 is 1.62 bits per heavy atom. The molecule has 0 bridgehead atoms. The SMILES string of the molecule is C[C@]1(c2ccc(-c3ccccc3)cc2)O[C@@H](O)C=CC1=O. The highest BCUT2D eigenvalue weighted by Gasteiger charge is 2.38. The molecule has 0 radical (unpaired) electrons. The van der Waals surface area contributed by atoms with Crippen molar-refractivity contribution in [3.63, 3.8) is 0 Å². The fourth-order valence-electron chi connectivity index (χ4n) is 2.49. The van der Waals surface area contributed by atoms with E-state index in [1.807, 2.05) is 54.6 Å². The predicted molar refractivity (Wildman–Crippen MR) is 80.5 cm³/mol. The number of carbonyl (C=O) groups is 1. The Hall–Kier alpha value is -2.23. The van der Waals surface area contributed by atoms with Crippen molar-refractivity contribution in [2.45, 2.75) is 18.8 Å². The molecule has 0 amide bonds. The lowest BCUT2D eigenvalue weighted by molar-refractivity contribution is -0.177. The van der Waals surface area contributed by atoms with Gasteiger partial charge in [-0.15, -0.1) is 0 Å². The van der Waals surface area contributed by atoms with Crippen LogP contribution in [0.2, 0.25) is 0 Å². The Balaban J connectivity index is 1.94. The van der Waals surface area contributed by atoms with Gasteiger partial charge in [-0.05, 0) is 35.8 Å². The minimum atomic E-state index is -1.14. The van der Waals surface area contributed by atoms with Crippen LogP contribution in [-0.2, 0) is 15.1 Å². The summed E-state index contributed by atoms with van der Waals surface area (Å²) in [5.74, 6) is -0.166. The molecule has 0 spiro atoms. The van der Waals surface area contributed by atoms with Gasteiger partial charge in [0.1, 0.15) is 0 Å². The van der Waals surface area contributed by atoms with Crippen LogP contribution in [0.25, 0.3) is 11.1 Å². The van der Waals surface area contributed by atoms with Crippen LogP contribution >= 0.6 is 0 Å². The number of benzene rings is 2. The van der Waals surface area contributed by atoms with Crippen LogP contribution in [0.3, 0.4) is 0 Å². The summed E-state index contributed by atoms with van der Waals surface area (Å²) in [6, 6.07) is 17.7. The van der Waals surface area contributed by atoms with E-state index in [0.717, 1.165) is 16.7 Å². The van der Waals surface area contributed by atoms with Crippen LogP contribution in [0.15, 0.2) is 66.7 Å². The van der Waals surface area contributed by atoms with E-state index in [1.165, 1.54) is 12.2 Å². The van der Waals surface area contributed by atoms with Crippen LogP contribution in [0.5, 0.6) is 0 Å². The fourth-order valence-corrected chi connectivity index (χ4v) is 2.49. The number of rotatable bonds is 2. The third-order valence-electron chi connectivity index (χ3n) is 3.78. The zero-order valence-electron chi connectivity index (χ0n) is 11.7. The van der Waals surface area contributed by atoms with Crippen molar-refractivity contribution >= 4 is 5.78 Å². The van der Waals surface area contributed by atoms with Crippen molar-refractivity contribution in [2.75, 3.05) is 0 Å². The van der Waals surface area contributed by atoms with Crippen LogP contribution in [0.4, 0.5) is 0 Å². The number of hydrogen-bond donors (Lipinski definition) is 1. The van der Waals surface area contributed by atoms with Gasteiger partial charge in [-0.3, -0.25) is 4.79 Å². The molecule has 1 heterocycles. The van der Waals surface area contributed by atoms with Gasteiger partial charge in [-0.1, -0.05) is 54.6 Å². The number of carbonyl (C=O) groups excluding carboxylic acids is 1. The van der Waals surface area contributed by atoms with E-state index in [-0.39, 0.29) is 5.78 Å². The first kappa shape index (κ1) is 13.7. The highest BCUT2D eigenvalue weighted by molar-refractivity contribution is 5.98. The van der Waals surface area contributed by atoms with Gasteiger partial charge in [-0.2, -0.15) is 0 Å². The molecule has 1 N–H and O–H groups in total. The molecule has 3 heteroatoms. The molecule has 0 aliphatic carbocycles. The minimum absolute atomic E-state index is 0.166. The predicted octanol–water partition coefficient (Wildman–Crippen LogP) is 3.04. The molecule has 0 saturated heterocycles. The molecule has 2 aromatic rings. The average Bonchev–Trinajstić information content (AvgIpc) is 2.52. The van der Waals surface area contributed by atoms with Crippen molar-refractivity contribution in [3.8, 4) is 11.1 Å². The smallest absolute Gasteiger partial charge is 0.191 e. The summed E-state index contributed by atoms with van der Waals surface area (Å²) in [6.45, 7) is 1.68. The Labute approximate surface area is 123 Å². The van der Waals surface area contributed by atoms with E-state index in [1.54, 1.807) is 6.92 Å². The van der Waals surface area contributed by atoms with Gasteiger partial charge in [0, 0.05) is 0 Å². The molecule has 106 valence electrons. The van der Waals surface area contributed by atoms with Gasteiger partial charge in [0.05, 0.1) is 0 Å². The molecule has 0 fully saturated rings. The van der Waals surface area contributed by atoms with E-state index < -0.39 is 11.9 Å². The molecule has 3 rings (SSSR count). The van der Waals surface area contributed by atoms with Crippen molar-refractivity contribution in [3.05, 3.63) is 72.3 Å². The molecule has 2 aromatic carbocycles. The van der Waals surface area contributed by atoms with E-state index in [2.05, 4.69) is 0 Å². The highest BCUT2D eigenvalue weighted by atomic mass is 16.6. The lowest BCUT2D eigenvalue weighted by Gasteiger charge is -2.32. The number of ether oxygens (including phenoxy) is 1. The summed E-state index contributed by atoms with van der Waals surface area (Å²) in [7, 11) is 0. The van der Waals surface area contributed by atoms with Crippen LogP contribution in [-0.4, -0.2) is 17.2 Å². The topological polar surface area (TPSA) is 46.5 Å². The summed E-state index contributed by atoms with van der Waals surface area (Å²) >= 11 is 0.